The summed E-state index contributed by atoms with van der Waals surface area (Å²) < 4.78 is 0. The smallest absolute Gasteiger partial charge is 0.221 e. The average Bonchev–Trinajstić information content (AvgIpc) is 2.76. The van der Waals surface area contributed by atoms with Gasteiger partial charge in [0, 0.05) is 17.8 Å². The van der Waals surface area contributed by atoms with Crippen LogP contribution in [0.2, 0.25) is 0 Å². The van der Waals surface area contributed by atoms with Crippen LogP contribution in [0.5, 0.6) is 0 Å². The van der Waals surface area contributed by atoms with E-state index in [-0.39, 0.29) is 18.2 Å². The summed E-state index contributed by atoms with van der Waals surface area (Å²) in [7, 11) is 0. The zero-order chi connectivity index (χ0) is 11.1. The number of hydrogen-bond acceptors (Lipinski definition) is 3. The van der Waals surface area contributed by atoms with E-state index in [0.717, 1.165) is 11.3 Å². The Balaban J connectivity index is 2.49. The van der Waals surface area contributed by atoms with Gasteiger partial charge < -0.3 is 5.32 Å². The summed E-state index contributed by atoms with van der Waals surface area (Å²) in [6.45, 7) is 2.68. The molecule has 0 fully saturated rings. The van der Waals surface area contributed by atoms with Crippen molar-refractivity contribution in [3.63, 3.8) is 0 Å². The van der Waals surface area contributed by atoms with Gasteiger partial charge in [0.1, 0.15) is 0 Å². The third-order valence-electron chi connectivity index (χ3n) is 2.00. The molecule has 15 heavy (non-hydrogen) atoms. The van der Waals surface area contributed by atoms with E-state index in [1.54, 1.807) is 0 Å². The second-order valence-corrected chi connectivity index (χ2v) is 4.23. The molecule has 0 aliphatic carbocycles. The molecule has 3 nitrogen and oxygen atoms in total. The lowest BCUT2D eigenvalue weighted by Crippen LogP contribution is -2.25. The fourth-order valence-corrected chi connectivity index (χ4v) is 1.99. The van der Waals surface area contributed by atoms with Crippen molar-refractivity contribution in [3.05, 3.63) is 22.4 Å². The van der Waals surface area contributed by atoms with Gasteiger partial charge in [0.05, 0.1) is 12.0 Å². The SMILES string of the molecule is CCCNC(=O)CC(C#N)c1cccs1. The van der Waals surface area contributed by atoms with Gasteiger partial charge in [0.2, 0.25) is 5.91 Å². The van der Waals surface area contributed by atoms with Crippen molar-refractivity contribution < 1.29 is 4.79 Å². The molecule has 0 aliphatic heterocycles. The van der Waals surface area contributed by atoms with Gasteiger partial charge in [-0.2, -0.15) is 5.26 Å². The van der Waals surface area contributed by atoms with Crippen LogP contribution in [0.1, 0.15) is 30.6 Å². The molecule has 0 saturated carbocycles. The molecule has 1 heterocycles. The van der Waals surface area contributed by atoms with Gasteiger partial charge >= 0.3 is 0 Å². The summed E-state index contributed by atoms with van der Waals surface area (Å²) in [4.78, 5) is 12.4. The van der Waals surface area contributed by atoms with Crippen LogP contribution in [-0.4, -0.2) is 12.5 Å². The molecule has 1 rings (SSSR count). The average molecular weight is 222 g/mol. The van der Waals surface area contributed by atoms with Crippen molar-refractivity contribution in [2.24, 2.45) is 0 Å². The predicted octanol–water partition coefficient (Wildman–Crippen LogP) is 2.27. The Morgan fingerprint density at radius 1 is 1.73 bits per heavy atom. The van der Waals surface area contributed by atoms with Crippen LogP contribution in [0.4, 0.5) is 0 Å². The van der Waals surface area contributed by atoms with Crippen molar-refractivity contribution in [2.75, 3.05) is 6.54 Å². The second kappa shape index (κ2) is 6.20. The fourth-order valence-electron chi connectivity index (χ4n) is 1.22. The minimum absolute atomic E-state index is 0.0446. The Bertz CT molecular complexity index is 340. The largest absolute Gasteiger partial charge is 0.356 e. The molecule has 1 aromatic heterocycles. The van der Waals surface area contributed by atoms with Crippen molar-refractivity contribution in [1.82, 2.24) is 5.32 Å². The highest BCUT2D eigenvalue weighted by molar-refractivity contribution is 7.10. The van der Waals surface area contributed by atoms with E-state index in [4.69, 9.17) is 5.26 Å². The third-order valence-corrected chi connectivity index (χ3v) is 2.99. The Morgan fingerprint density at radius 3 is 3.07 bits per heavy atom. The van der Waals surface area contributed by atoms with Gasteiger partial charge in [-0.3, -0.25) is 4.79 Å². The molecule has 0 radical (unpaired) electrons. The highest BCUT2D eigenvalue weighted by atomic mass is 32.1. The van der Waals surface area contributed by atoms with E-state index < -0.39 is 0 Å². The second-order valence-electron chi connectivity index (χ2n) is 3.25. The van der Waals surface area contributed by atoms with Crippen LogP contribution in [0.3, 0.4) is 0 Å². The standard InChI is InChI=1S/C11H14N2OS/c1-2-5-13-11(14)7-9(8-12)10-4-3-6-15-10/h3-4,6,9H,2,5,7H2,1H3,(H,13,14). The maximum atomic E-state index is 11.4. The molecule has 1 atom stereocenters. The zero-order valence-corrected chi connectivity index (χ0v) is 9.51. The number of nitrogens with zero attached hydrogens (tertiary/aromatic N) is 1. The number of nitrogens with one attached hydrogen (secondary N) is 1. The normalized spacial score (nSPS) is 11.7. The number of amides is 1. The molecule has 1 aromatic rings. The number of nitriles is 1. The number of carbonyl (C=O) groups excluding carboxylic acids is 1. The number of thiophene rings is 1. The van der Waals surface area contributed by atoms with Crippen molar-refractivity contribution in [2.45, 2.75) is 25.7 Å². The minimum Gasteiger partial charge on any atom is -0.356 e. The lowest BCUT2D eigenvalue weighted by atomic mass is 10.1. The Kier molecular flexibility index (Phi) is 4.85. The Hall–Kier alpha value is -1.34. The van der Waals surface area contributed by atoms with E-state index in [2.05, 4.69) is 11.4 Å². The summed E-state index contributed by atoms with van der Waals surface area (Å²) in [6, 6.07) is 5.95. The molecule has 0 aromatic carbocycles. The Morgan fingerprint density at radius 2 is 2.53 bits per heavy atom. The van der Waals surface area contributed by atoms with Crippen molar-refractivity contribution >= 4 is 17.2 Å². The summed E-state index contributed by atoms with van der Waals surface area (Å²) >= 11 is 1.52. The quantitative estimate of drug-likeness (QED) is 0.831. The van der Waals surface area contributed by atoms with Crippen LogP contribution in [-0.2, 0) is 4.79 Å². The van der Waals surface area contributed by atoms with Crippen LogP contribution in [0.15, 0.2) is 17.5 Å². The highest BCUT2D eigenvalue weighted by Gasteiger charge is 2.15. The molecule has 1 amide bonds. The first-order chi connectivity index (χ1) is 7.27. The van der Waals surface area contributed by atoms with Crippen molar-refractivity contribution in [1.29, 1.82) is 5.26 Å². The minimum atomic E-state index is -0.304. The zero-order valence-electron chi connectivity index (χ0n) is 8.69. The topological polar surface area (TPSA) is 52.9 Å². The van der Waals surface area contributed by atoms with Gasteiger partial charge in [-0.15, -0.1) is 11.3 Å². The summed E-state index contributed by atoms with van der Waals surface area (Å²) in [5.41, 5.74) is 0. The van der Waals surface area contributed by atoms with Gasteiger partial charge in [0.15, 0.2) is 0 Å². The van der Waals surface area contributed by atoms with E-state index in [1.807, 2.05) is 24.4 Å². The van der Waals surface area contributed by atoms with Gasteiger partial charge in [0.25, 0.3) is 0 Å². The summed E-state index contributed by atoms with van der Waals surface area (Å²) in [6.07, 6.45) is 1.18. The maximum Gasteiger partial charge on any atom is 0.221 e. The van der Waals surface area contributed by atoms with Crippen LogP contribution in [0.25, 0.3) is 0 Å². The molecule has 1 N–H and O–H groups in total. The summed E-state index contributed by atoms with van der Waals surface area (Å²) in [5, 5.41) is 13.6. The predicted molar refractivity (Wildman–Crippen MR) is 60.6 cm³/mol. The monoisotopic (exact) mass is 222 g/mol. The molecule has 0 spiro atoms. The molecule has 0 bridgehead atoms. The van der Waals surface area contributed by atoms with Crippen LogP contribution < -0.4 is 5.32 Å². The van der Waals surface area contributed by atoms with Crippen LogP contribution >= 0.6 is 11.3 Å². The first kappa shape index (κ1) is 11.7. The van der Waals surface area contributed by atoms with E-state index in [0.29, 0.717) is 6.54 Å². The fraction of sp³-hybridized carbons (Fsp3) is 0.455. The number of rotatable bonds is 5. The van der Waals surface area contributed by atoms with E-state index in [1.165, 1.54) is 11.3 Å². The highest BCUT2D eigenvalue weighted by Crippen LogP contribution is 2.23. The lowest BCUT2D eigenvalue weighted by Gasteiger charge is -2.06. The Labute approximate surface area is 93.7 Å². The lowest BCUT2D eigenvalue weighted by molar-refractivity contribution is -0.121. The molecule has 1 unspecified atom stereocenters. The molecule has 0 aliphatic rings. The van der Waals surface area contributed by atoms with Crippen molar-refractivity contribution in [3.8, 4) is 6.07 Å². The van der Waals surface area contributed by atoms with E-state index >= 15 is 0 Å². The van der Waals surface area contributed by atoms with Crippen LogP contribution in [0, 0.1) is 11.3 Å². The van der Waals surface area contributed by atoms with Gasteiger partial charge in [-0.1, -0.05) is 13.0 Å². The maximum absolute atomic E-state index is 11.4. The first-order valence-electron chi connectivity index (χ1n) is 4.97. The number of hydrogen-bond donors (Lipinski definition) is 1. The molecule has 4 heteroatoms. The van der Waals surface area contributed by atoms with Gasteiger partial charge in [-0.25, -0.2) is 0 Å². The number of carbonyl (C=O) groups is 1. The van der Waals surface area contributed by atoms with E-state index in [9.17, 15) is 4.79 Å². The third kappa shape index (κ3) is 3.72. The van der Waals surface area contributed by atoms with Gasteiger partial charge in [-0.05, 0) is 17.9 Å². The molecular formula is C11H14N2OS. The molecule has 80 valence electrons. The molecule has 0 saturated heterocycles. The first-order valence-corrected chi connectivity index (χ1v) is 5.85. The summed E-state index contributed by atoms with van der Waals surface area (Å²) in [5.74, 6) is -0.348. The molecular weight excluding hydrogens is 208 g/mol.